The fraction of sp³-hybridized carbons (Fsp3) is 0.267. The van der Waals surface area contributed by atoms with Gasteiger partial charge < -0.3 is 0 Å². The summed E-state index contributed by atoms with van der Waals surface area (Å²) in [6.45, 7) is 0. The highest BCUT2D eigenvalue weighted by molar-refractivity contribution is 6.09. The van der Waals surface area contributed by atoms with Crippen molar-refractivity contribution in [3.63, 3.8) is 0 Å². The van der Waals surface area contributed by atoms with Gasteiger partial charge in [-0.3, -0.25) is 4.79 Å². The van der Waals surface area contributed by atoms with Crippen LogP contribution in [0.25, 0.3) is 0 Å². The van der Waals surface area contributed by atoms with Crippen LogP contribution < -0.4 is 0 Å². The quantitative estimate of drug-likeness (QED) is 0.582. The predicted molar refractivity (Wildman–Crippen MR) is 64.6 cm³/mol. The molecule has 0 amide bonds. The first kappa shape index (κ1) is 12.2. The SMILES string of the molecule is O=C(C1=C[C@@H]2C=C[C@H]1C2)c1ccc(C(F)(F)F)cc1. The maximum Gasteiger partial charge on any atom is 0.416 e. The first-order chi connectivity index (χ1) is 8.95. The van der Waals surface area contributed by atoms with Crippen molar-refractivity contribution in [2.45, 2.75) is 12.6 Å². The summed E-state index contributed by atoms with van der Waals surface area (Å²) in [5.41, 5.74) is 0.304. The molecule has 1 aromatic rings. The summed E-state index contributed by atoms with van der Waals surface area (Å²) in [7, 11) is 0. The summed E-state index contributed by atoms with van der Waals surface area (Å²) < 4.78 is 37.3. The first-order valence-electron chi connectivity index (χ1n) is 6.07. The van der Waals surface area contributed by atoms with Gasteiger partial charge in [-0.15, -0.1) is 0 Å². The predicted octanol–water partition coefficient (Wildman–Crippen LogP) is 4.02. The minimum absolute atomic E-state index is 0.139. The molecule has 0 unspecified atom stereocenters. The van der Waals surface area contributed by atoms with Gasteiger partial charge in [0.05, 0.1) is 5.56 Å². The fourth-order valence-corrected chi connectivity index (χ4v) is 2.66. The monoisotopic (exact) mass is 264 g/mol. The molecule has 0 N–H and O–H groups in total. The molecule has 0 aliphatic heterocycles. The van der Waals surface area contributed by atoms with E-state index in [1.165, 1.54) is 12.1 Å². The molecule has 0 radical (unpaired) electrons. The number of benzene rings is 1. The Morgan fingerprint density at radius 3 is 2.26 bits per heavy atom. The van der Waals surface area contributed by atoms with Crippen molar-refractivity contribution in [3.8, 4) is 0 Å². The fourth-order valence-electron chi connectivity index (χ4n) is 2.66. The third-order valence-corrected chi connectivity index (χ3v) is 3.65. The van der Waals surface area contributed by atoms with E-state index in [2.05, 4.69) is 6.08 Å². The topological polar surface area (TPSA) is 17.1 Å². The van der Waals surface area contributed by atoms with Crippen LogP contribution in [-0.2, 0) is 6.18 Å². The van der Waals surface area contributed by atoms with E-state index in [1.807, 2.05) is 12.2 Å². The Balaban J connectivity index is 1.84. The zero-order valence-corrected chi connectivity index (χ0v) is 9.95. The minimum Gasteiger partial charge on any atom is -0.289 e. The highest BCUT2D eigenvalue weighted by Gasteiger charge is 2.33. The lowest BCUT2D eigenvalue weighted by atomic mass is 9.94. The largest absolute Gasteiger partial charge is 0.416 e. The van der Waals surface area contributed by atoms with E-state index < -0.39 is 11.7 Å². The number of fused-ring (bicyclic) bond motifs is 2. The molecule has 0 saturated heterocycles. The van der Waals surface area contributed by atoms with E-state index in [9.17, 15) is 18.0 Å². The van der Waals surface area contributed by atoms with E-state index in [4.69, 9.17) is 0 Å². The van der Waals surface area contributed by atoms with Gasteiger partial charge in [0.25, 0.3) is 0 Å². The van der Waals surface area contributed by atoms with Crippen molar-refractivity contribution >= 4 is 5.78 Å². The lowest BCUT2D eigenvalue weighted by Gasteiger charge is -2.10. The Morgan fingerprint density at radius 1 is 1.11 bits per heavy atom. The van der Waals surface area contributed by atoms with Gasteiger partial charge >= 0.3 is 6.18 Å². The number of hydrogen-bond donors (Lipinski definition) is 0. The van der Waals surface area contributed by atoms with Gasteiger partial charge in [-0.25, -0.2) is 0 Å². The average molecular weight is 264 g/mol. The molecule has 0 aromatic heterocycles. The smallest absolute Gasteiger partial charge is 0.289 e. The Morgan fingerprint density at radius 2 is 1.79 bits per heavy atom. The summed E-state index contributed by atoms with van der Waals surface area (Å²) in [5, 5.41) is 0. The zero-order chi connectivity index (χ0) is 13.6. The van der Waals surface area contributed by atoms with E-state index in [1.54, 1.807) is 0 Å². The Bertz CT molecular complexity index is 578. The molecule has 1 aromatic carbocycles. The van der Waals surface area contributed by atoms with Gasteiger partial charge in [0.1, 0.15) is 0 Å². The van der Waals surface area contributed by atoms with Crippen LogP contribution in [0.1, 0.15) is 22.3 Å². The number of rotatable bonds is 2. The number of carbonyl (C=O) groups excluding carboxylic acids is 1. The second-order valence-electron chi connectivity index (χ2n) is 4.92. The third-order valence-electron chi connectivity index (χ3n) is 3.65. The van der Waals surface area contributed by atoms with Crippen molar-refractivity contribution in [2.75, 3.05) is 0 Å². The molecule has 98 valence electrons. The summed E-state index contributed by atoms with van der Waals surface area (Å²) in [6.07, 6.45) is 2.54. The molecule has 2 aliphatic rings. The molecule has 0 spiro atoms. The summed E-state index contributed by atoms with van der Waals surface area (Å²) in [5.74, 6) is 0.295. The molecule has 2 aliphatic carbocycles. The van der Waals surface area contributed by atoms with Crippen LogP contribution in [0.15, 0.2) is 48.1 Å². The van der Waals surface area contributed by atoms with Gasteiger partial charge in [-0.2, -0.15) is 13.2 Å². The van der Waals surface area contributed by atoms with Crippen molar-refractivity contribution in [2.24, 2.45) is 11.8 Å². The van der Waals surface area contributed by atoms with Crippen LogP contribution in [0.2, 0.25) is 0 Å². The molecule has 19 heavy (non-hydrogen) atoms. The van der Waals surface area contributed by atoms with Crippen LogP contribution in [0.5, 0.6) is 0 Å². The van der Waals surface area contributed by atoms with E-state index in [0.717, 1.165) is 18.6 Å². The van der Waals surface area contributed by atoms with Crippen molar-refractivity contribution < 1.29 is 18.0 Å². The standard InChI is InChI=1S/C15H11F3O/c16-15(17,18)12-5-3-10(4-6-12)14(19)13-8-9-1-2-11(13)7-9/h1-6,8-9,11H,7H2/t9-,11+/m1/s1. The second-order valence-corrected chi connectivity index (χ2v) is 4.92. The Labute approximate surface area is 108 Å². The maximum absolute atomic E-state index is 12.4. The maximum atomic E-state index is 12.4. The van der Waals surface area contributed by atoms with Gasteiger partial charge in [0.15, 0.2) is 5.78 Å². The summed E-state index contributed by atoms with van der Waals surface area (Å²) in [6, 6.07) is 4.41. The highest BCUT2D eigenvalue weighted by Crippen LogP contribution is 2.39. The molecule has 4 heteroatoms. The average Bonchev–Trinajstić information content (AvgIpc) is 2.99. The zero-order valence-electron chi connectivity index (χ0n) is 9.95. The van der Waals surface area contributed by atoms with Crippen LogP contribution >= 0.6 is 0 Å². The number of halogens is 3. The number of carbonyl (C=O) groups is 1. The second kappa shape index (κ2) is 4.08. The number of ketones is 1. The van der Waals surface area contributed by atoms with Crippen molar-refractivity contribution in [1.82, 2.24) is 0 Å². The van der Waals surface area contributed by atoms with E-state index >= 15 is 0 Å². The lowest BCUT2D eigenvalue weighted by Crippen LogP contribution is -2.10. The molecule has 2 atom stereocenters. The molecular formula is C15H11F3O. The molecule has 2 bridgehead atoms. The highest BCUT2D eigenvalue weighted by atomic mass is 19.4. The molecular weight excluding hydrogens is 253 g/mol. The summed E-state index contributed by atoms with van der Waals surface area (Å²) in [4.78, 5) is 12.2. The van der Waals surface area contributed by atoms with Crippen LogP contribution in [-0.4, -0.2) is 5.78 Å². The molecule has 3 rings (SSSR count). The Hall–Kier alpha value is -1.84. The number of hydrogen-bond acceptors (Lipinski definition) is 1. The third kappa shape index (κ3) is 2.11. The number of Topliss-reactive ketones (excluding diaryl/α,β-unsaturated/α-hetero) is 1. The van der Waals surface area contributed by atoms with E-state index in [-0.39, 0.29) is 11.7 Å². The Kier molecular flexibility index (Phi) is 2.62. The lowest BCUT2D eigenvalue weighted by molar-refractivity contribution is -0.137. The van der Waals surface area contributed by atoms with Gasteiger partial charge in [0.2, 0.25) is 0 Å². The van der Waals surface area contributed by atoms with Crippen molar-refractivity contribution in [1.29, 1.82) is 0 Å². The van der Waals surface area contributed by atoms with Crippen molar-refractivity contribution in [3.05, 3.63) is 59.2 Å². The normalized spacial score (nSPS) is 24.7. The van der Waals surface area contributed by atoms with Crippen LogP contribution in [0.3, 0.4) is 0 Å². The molecule has 0 fully saturated rings. The van der Waals surface area contributed by atoms with Crippen LogP contribution in [0.4, 0.5) is 13.2 Å². The molecule has 1 nitrogen and oxygen atoms in total. The molecule has 0 heterocycles. The van der Waals surface area contributed by atoms with Crippen LogP contribution in [0, 0.1) is 11.8 Å². The van der Waals surface area contributed by atoms with Gasteiger partial charge in [-0.05, 0) is 24.5 Å². The van der Waals surface area contributed by atoms with E-state index in [0.29, 0.717) is 17.1 Å². The van der Waals surface area contributed by atoms with Gasteiger partial charge in [0, 0.05) is 17.1 Å². The number of allylic oxidation sites excluding steroid dienone is 4. The van der Waals surface area contributed by atoms with Gasteiger partial charge in [-0.1, -0.05) is 30.4 Å². The molecule has 0 saturated carbocycles. The summed E-state index contributed by atoms with van der Waals surface area (Å²) >= 11 is 0. The number of alkyl halides is 3. The minimum atomic E-state index is -4.37. The first-order valence-corrected chi connectivity index (χ1v) is 6.07.